The highest BCUT2D eigenvalue weighted by Crippen LogP contribution is 2.29. The first-order chi connectivity index (χ1) is 12.4. The molecule has 6 heteroatoms. The lowest BCUT2D eigenvalue weighted by atomic mass is 10.1. The number of hydrogen-bond donors (Lipinski definition) is 1. The molecule has 0 radical (unpaired) electrons. The van der Waals surface area contributed by atoms with E-state index in [-0.39, 0.29) is 0 Å². The van der Waals surface area contributed by atoms with Crippen molar-refractivity contribution in [3.05, 3.63) is 65.2 Å². The number of anilines is 1. The van der Waals surface area contributed by atoms with Crippen molar-refractivity contribution in [1.29, 1.82) is 0 Å². The molecule has 0 aliphatic rings. The van der Waals surface area contributed by atoms with Gasteiger partial charge in [0.25, 0.3) is 0 Å². The second kappa shape index (κ2) is 7.41. The molecule has 26 heavy (non-hydrogen) atoms. The Morgan fingerprint density at radius 1 is 1.08 bits per heavy atom. The van der Waals surface area contributed by atoms with Crippen LogP contribution in [0.25, 0.3) is 10.9 Å². The number of aromatic nitrogens is 1. The molecule has 0 saturated carbocycles. The largest absolute Gasteiger partial charge is 0.320 e. The van der Waals surface area contributed by atoms with Gasteiger partial charge in [-0.3, -0.25) is 4.79 Å². The summed E-state index contributed by atoms with van der Waals surface area (Å²) in [6, 6.07) is 11.4. The van der Waals surface area contributed by atoms with Gasteiger partial charge >= 0.3 is 0 Å². The molecule has 3 rings (SSSR count). The summed E-state index contributed by atoms with van der Waals surface area (Å²) in [5, 5.41) is 3.52. The van der Waals surface area contributed by atoms with Gasteiger partial charge in [-0.2, -0.15) is 0 Å². The molecule has 0 spiro atoms. The standard InChI is InChI=1S/C20H18F2N2OS/c1-11-6-4-7-14-12(2)10-17(23-18(11)14)26-13(3)20(25)24-19-15(21)8-5-9-16(19)22/h4-10,13H,1-3H3,(H,24,25)/t13-/m1/s1. The summed E-state index contributed by atoms with van der Waals surface area (Å²) in [5.74, 6) is -2.08. The van der Waals surface area contributed by atoms with E-state index in [9.17, 15) is 13.6 Å². The van der Waals surface area contributed by atoms with Crippen molar-refractivity contribution >= 4 is 34.3 Å². The second-order valence-corrected chi connectivity index (χ2v) is 7.46. The summed E-state index contributed by atoms with van der Waals surface area (Å²) in [6.45, 7) is 5.66. The van der Waals surface area contributed by atoms with Gasteiger partial charge in [0.15, 0.2) is 0 Å². The van der Waals surface area contributed by atoms with E-state index in [0.717, 1.165) is 34.2 Å². The summed E-state index contributed by atoms with van der Waals surface area (Å²) in [4.78, 5) is 17.0. The lowest BCUT2D eigenvalue weighted by Gasteiger charge is -2.14. The Morgan fingerprint density at radius 2 is 1.73 bits per heavy atom. The molecule has 0 saturated heterocycles. The molecule has 0 unspecified atom stereocenters. The van der Waals surface area contributed by atoms with Crippen LogP contribution in [-0.4, -0.2) is 16.1 Å². The van der Waals surface area contributed by atoms with Crippen molar-refractivity contribution in [3.63, 3.8) is 0 Å². The maximum absolute atomic E-state index is 13.7. The molecule has 0 bridgehead atoms. The molecule has 2 aromatic carbocycles. The lowest BCUT2D eigenvalue weighted by Crippen LogP contribution is -2.23. The molecule has 1 aromatic heterocycles. The molecular formula is C20H18F2N2OS. The third kappa shape index (κ3) is 3.70. The number of aryl methyl sites for hydroxylation is 2. The van der Waals surface area contributed by atoms with Crippen LogP contribution in [0, 0.1) is 25.5 Å². The maximum Gasteiger partial charge on any atom is 0.237 e. The van der Waals surface area contributed by atoms with Crippen LogP contribution in [0.15, 0.2) is 47.5 Å². The van der Waals surface area contributed by atoms with Crippen molar-refractivity contribution in [2.75, 3.05) is 5.32 Å². The van der Waals surface area contributed by atoms with Crippen LogP contribution in [0.4, 0.5) is 14.5 Å². The number of thioether (sulfide) groups is 1. The molecule has 3 aromatic rings. The van der Waals surface area contributed by atoms with Gasteiger partial charge in [-0.15, -0.1) is 0 Å². The summed E-state index contributed by atoms with van der Waals surface area (Å²) in [6.07, 6.45) is 0. The third-order valence-electron chi connectivity index (χ3n) is 4.10. The smallest absolute Gasteiger partial charge is 0.237 e. The topological polar surface area (TPSA) is 42.0 Å². The quantitative estimate of drug-likeness (QED) is 0.636. The average Bonchev–Trinajstić information content (AvgIpc) is 2.59. The van der Waals surface area contributed by atoms with Gasteiger partial charge in [0.1, 0.15) is 17.3 Å². The third-order valence-corrected chi connectivity index (χ3v) is 5.12. The Hall–Kier alpha value is -2.47. The number of amides is 1. The summed E-state index contributed by atoms with van der Waals surface area (Å²) in [5.41, 5.74) is 2.58. The number of pyridine rings is 1. The predicted molar refractivity (Wildman–Crippen MR) is 102 cm³/mol. The van der Waals surface area contributed by atoms with E-state index in [2.05, 4.69) is 10.3 Å². The summed E-state index contributed by atoms with van der Waals surface area (Å²) < 4.78 is 27.4. The van der Waals surface area contributed by atoms with E-state index in [1.165, 1.54) is 17.8 Å². The number of carbonyl (C=O) groups excluding carboxylic acids is 1. The number of carbonyl (C=O) groups is 1. The van der Waals surface area contributed by atoms with E-state index >= 15 is 0 Å². The number of halogens is 2. The van der Waals surface area contributed by atoms with Crippen molar-refractivity contribution < 1.29 is 13.6 Å². The molecule has 0 aliphatic carbocycles. The zero-order valence-corrected chi connectivity index (χ0v) is 15.5. The highest BCUT2D eigenvalue weighted by molar-refractivity contribution is 8.00. The van der Waals surface area contributed by atoms with Crippen LogP contribution in [0.3, 0.4) is 0 Å². The number of nitrogens with one attached hydrogen (secondary N) is 1. The average molecular weight is 372 g/mol. The van der Waals surface area contributed by atoms with Crippen LogP contribution in [0.5, 0.6) is 0 Å². The van der Waals surface area contributed by atoms with Gasteiger partial charge in [0, 0.05) is 5.39 Å². The van der Waals surface area contributed by atoms with Gasteiger partial charge < -0.3 is 5.32 Å². The first-order valence-corrected chi connectivity index (χ1v) is 9.03. The highest BCUT2D eigenvalue weighted by atomic mass is 32.2. The minimum atomic E-state index is -0.800. The van der Waals surface area contributed by atoms with E-state index in [1.807, 2.05) is 38.1 Å². The molecule has 0 fully saturated rings. The first-order valence-electron chi connectivity index (χ1n) is 8.15. The Kier molecular flexibility index (Phi) is 5.23. The van der Waals surface area contributed by atoms with Crippen molar-refractivity contribution in [2.45, 2.75) is 31.0 Å². The van der Waals surface area contributed by atoms with E-state index in [4.69, 9.17) is 0 Å². The van der Waals surface area contributed by atoms with Gasteiger partial charge in [0.05, 0.1) is 15.8 Å². The summed E-state index contributed by atoms with van der Waals surface area (Å²) >= 11 is 1.25. The van der Waals surface area contributed by atoms with Gasteiger partial charge in [-0.05, 0) is 50.1 Å². The molecule has 3 nitrogen and oxygen atoms in total. The molecule has 1 atom stereocenters. The number of para-hydroxylation sites is 2. The lowest BCUT2D eigenvalue weighted by molar-refractivity contribution is -0.115. The fourth-order valence-corrected chi connectivity index (χ4v) is 3.59. The predicted octanol–water partition coefficient (Wildman–Crippen LogP) is 5.25. The Bertz CT molecular complexity index is 971. The number of rotatable bonds is 4. The van der Waals surface area contributed by atoms with Crippen molar-refractivity contribution in [2.24, 2.45) is 0 Å². The zero-order valence-electron chi connectivity index (χ0n) is 14.6. The fourth-order valence-electron chi connectivity index (χ4n) is 2.67. The molecular weight excluding hydrogens is 354 g/mol. The first kappa shape index (κ1) is 18.3. The van der Waals surface area contributed by atoms with Crippen LogP contribution < -0.4 is 5.32 Å². The molecule has 1 heterocycles. The number of hydrogen-bond acceptors (Lipinski definition) is 3. The van der Waals surface area contributed by atoms with E-state index in [1.54, 1.807) is 6.92 Å². The number of nitrogens with zero attached hydrogens (tertiary/aromatic N) is 1. The molecule has 1 N–H and O–H groups in total. The summed E-state index contributed by atoms with van der Waals surface area (Å²) in [7, 11) is 0. The van der Waals surface area contributed by atoms with Crippen molar-refractivity contribution in [1.82, 2.24) is 4.98 Å². The molecule has 1 amide bonds. The Morgan fingerprint density at radius 3 is 2.42 bits per heavy atom. The highest BCUT2D eigenvalue weighted by Gasteiger charge is 2.19. The Labute approximate surface area is 154 Å². The monoisotopic (exact) mass is 372 g/mol. The SMILES string of the molecule is Cc1cc(S[C@H](C)C(=O)Nc2c(F)cccc2F)nc2c(C)cccc12. The van der Waals surface area contributed by atoms with Gasteiger partial charge in [0.2, 0.25) is 5.91 Å². The van der Waals surface area contributed by atoms with E-state index < -0.39 is 28.5 Å². The molecule has 134 valence electrons. The van der Waals surface area contributed by atoms with Gasteiger partial charge in [-0.25, -0.2) is 13.8 Å². The second-order valence-electron chi connectivity index (χ2n) is 6.09. The number of benzene rings is 2. The number of fused-ring (bicyclic) bond motifs is 1. The van der Waals surface area contributed by atoms with Crippen LogP contribution in [0.1, 0.15) is 18.1 Å². The van der Waals surface area contributed by atoms with Crippen molar-refractivity contribution in [3.8, 4) is 0 Å². The molecule has 0 aliphatic heterocycles. The van der Waals surface area contributed by atoms with Gasteiger partial charge in [-0.1, -0.05) is 36.0 Å². The van der Waals surface area contributed by atoms with Crippen LogP contribution >= 0.6 is 11.8 Å². The Balaban J connectivity index is 1.81. The van der Waals surface area contributed by atoms with Crippen LogP contribution in [0.2, 0.25) is 0 Å². The zero-order chi connectivity index (χ0) is 18.8. The minimum absolute atomic E-state index is 0.427. The van der Waals surface area contributed by atoms with E-state index in [0.29, 0.717) is 5.03 Å². The fraction of sp³-hybridized carbons (Fsp3) is 0.200. The minimum Gasteiger partial charge on any atom is -0.320 e. The van der Waals surface area contributed by atoms with Crippen LogP contribution in [-0.2, 0) is 4.79 Å². The maximum atomic E-state index is 13.7. The normalized spacial score (nSPS) is 12.2.